The molecule has 2 nitrogen and oxygen atoms in total. The van der Waals surface area contributed by atoms with Gasteiger partial charge in [0.25, 0.3) is 0 Å². The number of ether oxygens (including phenoxy) is 1. The van der Waals surface area contributed by atoms with Crippen molar-refractivity contribution in [2.24, 2.45) is 5.92 Å². The van der Waals surface area contributed by atoms with Crippen molar-refractivity contribution in [2.45, 2.75) is 45.3 Å². The Labute approximate surface area is 81.3 Å². The molecule has 0 aliphatic heterocycles. The highest BCUT2D eigenvalue weighted by molar-refractivity contribution is 4.84. The number of terminal acetylenes is 1. The zero-order valence-electron chi connectivity index (χ0n) is 8.79. The van der Waals surface area contributed by atoms with E-state index in [0.29, 0.717) is 5.92 Å². The Morgan fingerprint density at radius 2 is 2.08 bits per heavy atom. The number of methoxy groups -OCH3 is 1. The second-order valence-electron chi connectivity index (χ2n) is 3.61. The molecule has 0 bridgehead atoms. The van der Waals surface area contributed by atoms with Gasteiger partial charge in [-0.15, -0.1) is 12.3 Å². The molecular formula is C11H20O2. The third-order valence-corrected chi connectivity index (χ3v) is 2.13. The monoisotopic (exact) mass is 184 g/mol. The van der Waals surface area contributed by atoms with E-state index in [1.807, 2.05) is 13.8 Å². The average Bonchev–Trinajstić information content (AvgIpc) is 2.05. The van der Waals surface area contributed by atoms with E-state index in [9.17, 15) is 5.11 Å². The Balaban J connectivity index is 3.78. The third-order valence-electron chi connectivity index (χ3n) is 2.13. The molecule has 76 valence electrons. The Morgan fingerprint density at radius 1 is 1.46 bits per heavy atom. The summed E-state index contributed by atoms with van der Waals surface area (Å²) in [5, 5.41) is 9.71. The molecule has 0 aliphatic carbocycles. The van der Waals surface area contributed by atoms with Gasteiger partial charge in [0.2, 0.25) is 0 Å². The molecule has 0 rings (SSSR count). The molecule has 2 heteroatoms. The molecule has 0 aliphatic rings. The number of hydrogen-bond acceptors (Lipinski definition) is 2. The summed E-state index contributed by atoms with van der Waals surface area (Å²) in [7, 11) is 1.63. The van der Waals surface area contributed by atoms with Gasteiger partial charge in [0.1, 0.15) is 0 Å². The van der Waals surface area contributed by atoms with Gasteiger partial charge in [0.05, 0.1) is 12.2 Å². The van der Waals surface area contributed by atoms with Crippen molar-refractivity contribution in [3.05, 3.63) is 0 Å². The number of unbranched alkanes of at least 4 members (excludes halogenated alkanes) is 1. The molecule has 0 saturated carbocycles. The van der Waals surface area contributed by atoms with Crippen LogP contribution in [0.15, 0.2) is 0 Å². The number of rotatable bonds is 6. The van der Waals surface area contributed by atoms with Crippen LogP contribution in [0.25, 0.3) is 0 Å². The summed E-state index contributed by atoms with van der Waals surface area (Å²) in [5.41, 5.74) is 0. The third kappa shape index (κ3) is 4.92. The average molecular weight is 184 g/mol. The lowest BCUT2D eigenvalue weighted by Crippen LogP contribution is -2.32. The number of aliphatic hydroxyl groups is 1. The SMILES string of the molecule is C#CCCCC(O)C(OC)C(C)C. The molecular weight excluding hydrogens is 164 g/mol. The van der Waals surface area contributed by atoms with Gasteiger partial charge in [0.15, 0.2) is 0 Å². The summed E-state index contributed by atoms with van der Waals surface area (Å²) in [6.45, 7) is 4.08. The second kappa shape index (κ2) is 6.94. The van der Waals surface area contributed by atoms with Crippen LogP contribution < -0.4 is 0 Å². The van der Waals surface area contributed by atoms with Crippen LogP contribution >= 0.6 is 0 Å². The summed E-state index contributed by atoms with van der Waals surface area (Å²) >= 11 is 0. The largest absolute Gasteiger partial charge is 0.390 e. The van der Waals surface area contributed by atoms with Crippen LogP contribution in [0, 0.1) is 18.3 Å². The molecule has 0 aromatic heterocycles. The molecule has 0 aromatic rings. The molecule has 0 fully saturated rings. The minimum Gasteiger partial charge on any atom is -0.390 e. The minimum atomic E-state index is -0.390. The Kier molecular flexibility index (Phi) is 6.66. The quantitative estimate of drug-likeness (QED) is 0.504. The van der Waals surface area contributed by atoms with E-state index < -0.39 is 6.10 Å². The van der Waals surface area contributed by atoms with E-state index >= 15 is 0 Å². The van der Waals surface area contributed by atoms with E-state index in [-0.39, 0.29) is 6.10 Å². The lowest BCUT2D eigenvalue weighted by atomic mass is 9.98. The van der Waals surface area contributed by atoms with Gasteiger partial charge in [-0.2, -0.15) is 0 Å². The molecule has 0 aromatic carbocycles. The number of aliphatic hydroxyl groups excluding tert-OH is 1. The Bertz CT molecular complexity index is 158. The minimum absolute atomic E-state index is 0.0715. The second-order valence-corrected chi connectivity index (χ2v) is 3.61. The molecule has 0 saturated heterocycles. The standard InChI is InChI=1S/C11H20O2/c1-5-6-7-8-10(12)11(13-4)9(2)3/h1,9-12H,6-8H2,2-4H3. The van der Waals surface area contributed by atoms with Crippen molar-refractivity contribution in [3.8, 4) is 12.3 Å². The van der Waals surface area contributed by atoms with Gasteiger partial charge in [-0.3, -0.25) is 0 Å². The van der Waals surface area contributed by atoms with Crippen LogP contribution in [0.1, 0.15) is 33.1 Å². The van der Waals surface area contributed by atoms with Gasteiger partial charge in [0, 0.05) is 13.5 Å². The first kappa shape index (κ1) is 12.5. The first-order valence-electron chi connectivity index (χ1n) is 4.77. The van der Waals surface area contributed by atoms with Gasteiger partial charge < -0.3 is 9.84 Å². The van der Waals surface area contributed by atoms with E-state index in [4.69, 9.17) is 11.2 Å². The zero-order chi connectivity index (χ0) is 10.3. The molecule has 0 heterocycles. The van der Waals surface area contributed by atoms with E-state index in [0.717, 1.165) is 19.3 Å². The number of hydrogen-bond donors (Lipinski definition) is 1. The summed E-state index contributed by atoms with van der Waals surface area (Å²) in [5.74, 6) is 2.90. The van der Waals surface area contributed by atoms with Gasteiger partial charge in [-0.25, -0.2) is 0 Å². The molecule has 13 heavy (non-hydrogen) atoms. The first-order chi connectivity index (χ1) is 6.13. The van der Waals surface area contributed by atoms with E-state index in [1.54, 1.807) is 7.11 Å². The van der Waals surface area contributed by atoms with Crippen molar-refractivity contribution >= 4 is 0 Å². The molecule has 1 N–H and O–H groups in total. The maximum atomic E-state index is 9.71. The normalized spacial score (nSPS) is 15.4. The highest BCUT2D eigenvalue weighted by atomic mass is 16.5. The van der Waals surface area contributed by atoms with Crippen LogP contribution in [-0.2, 0) is 4.74 Å². The molecule has 2 unspecified atom stereocenters. The van der Waals surface area contributed by atoms with Gasteiger partial charge >= 0.3 is 0 Å². The summed E-state index contributed by atoms with van der Waals surface area (Å²) in [6, 6.07) is 0. The molecule has 0 spiro atoms. The fraction of sp³-hybridized carbons (Fsp3) is 0.818. The predicted molar refractivity (Wildman–Crippen MR) is 54.3 cm³/mol. The summed E-state index contributed by atoms with van der Waals surface area (Å²) in [4.78, 5) is 0. The van der Waals surface area contributed by atoms with E-state index in [2.05, 4.69) is 5.92 Å². The van der Waals surface area contributed by atoms with Crippen molar-refractivity contribution in [2.75, 3.05) is 7.11 Å². The van der Waals surface area contributed by atoms with Gasteiger partial charge in [-0.1, -0.05) is 13.8 Å². The fourth-order valence-electron chi connectivity index (χ4n) is 1.45. The molecule has 2 atom stereocenters. The topological polar surface area (TPSA) is 29.5 Å². The maximum Gasteiger partial charge on any atom is 0.0852 e. The van der Waals surface area contributed by atoms with Crippen molar-refractivity contribution < 1.29 is 9.84 Å². The summed E-state index contributed by atoms with van der Waals surface area (Å²) < 4.78 is 5.20. The first-order valence-corrected chi connectivity index (χ1v) is 4.77. The lowest BCUT2D eigenvalue weighted by Gasteiger charge is -2.24. The van der Waals surface area contributed by atoms with Crippen molar-refractivity contribution in [1.82, 2.24) is 0 Å². The Hall–Kier alpha value is -0.520. The predicted octanol–water partition coefficient (Wildman–Crippen LogP) is 1.82. The lowest BCUT2D eigenvalue weighted by molar-refractivity contribution is -0.0411. The highest BCUT2D eigenvalue weighted by Gasteiger charge is 2.21. The van der Waals surface area contributed by atoms with E-state index in [1.165, 1.54) is 0 Å². The smallest absolute Gasteiger partial charge is 0.0852 e. The molecule has 0 amide bonds. The zero-order valence-corrected chi connectivity index (χ0v) is 8.79. The maximum absolute atomic E-state index is 9.71. The van der Waals surface area contributed by atoms with Crippen LogP contribution in [-0.4, -0.2) is 24.4 Å². The Morgan fingerprint density at radius 3 is 2.46 bits per heavy atom. The molecule has 0 radical (unpaired) electrons. The summed E-state index contributed by atoms with van der Waals surface area (Å²) in [6.07, 6.45) is 6.97. The van der Waals surface area contributed by atoms with Gasteiger partial charge in [-0.05, 0) is 18.8 Å². The van der Waals surface area contributed by atoms with Crippen LogP contribution in [0.2, 0.25) is 0 Å². The van der Waals surface area contributed by atoms with Crippen LogP contribution in [0.5, 0.6) is 0 Å². The van der Waals surface area contributed by atoms with Crippen LogP contribution in [0.3, 0.4) is 0 Å². The van der Waals surface area contributed by atoms with Crippen LogP contribution in [0.4, 0.5) is 0 Å². The van der Waals surface area contributed by atoms with Crippen molar-refractivity contribution in [1.29, 1.82) is 0 Å². The highest BCUT2D eigenvalue weighted by Crippen LogP contribution is 2.14. The fourth-order valence-corrected chi connectivity index (χ4v) is 1.45. The van der Waals surface area contributed by atoms with Crippen molar-refractivity contribution in [3.63, 3.8) is 0 Å².